The molecule has 3 aliphatic rings. The van der Waals surface area contributed by atoms with Gasteiger partial charge in [-0.25, -0.2) is 9.10 Å². The molecule has 0 radical (unpaired) electrons. The Kier molecular flexibility index (Phi) is 12.2. The van der Waals surface area contributed by atoms with Crippen LogP contribution in [0.1, 0.15) is 70.9 Å². The minimum absolute atomic E-state index is 0.120. The lowest BCUT2D eigenvalue weighted by atomic mass is 9.78. The van der Waals surface area contributed by atoms with Crippen molar-refractivity contribution in [1.29, 1.82) is 0 Å². The average molecular weight is 798 g/mol. The maximum absolute atomic E-state index is 11.1. The van der Waals surface area contributed by atoms with Crippen LogP contribution in [0.25, 0.3) is 21.5 Å². The highest BCUT2D eigenvalue weighted by molar-refractivity contribution is 7.74. The van der Waals surface area contributed by atoms with Gasteiger partial charge in [-0.3, -0.25) is 0 Å². The number of benzene rings is 4. The molecule has 4 aromatic rings. The Labute approximate surface area is 336 Å². The molecule has 1 atom stereocenters. The van der Waals surface area contributed by atoms with Crippen LogP contribution in [0, 0.1) is 0 Å². The number of fused-ring (bicyclic) bond motifs is 6. The molecule has 0 fully saturated rings. The molecule has 288 valence electrons. The topological polar surface area (TPSA) is 83.3 Å². The van der Waals surface area contributed by atoms with Crippen LogP contribution in [0.5, 0.6) is 0 Å². The van der Waals surface area contributed by atoms with Crippen LogP contribution in [0.4, 0.5) is 11.4 Å². The van der Waals surface area contributed by atoms with Crippen LogP contribution < -0.4 is 4.90 Å². The molecule has 1 aliphatic carbocycles. The lowest BCUT2D eigenvalue weighted by Gasteiger charge is -2.27. The van der Waals surface area contributed by atoms with E-state index in [1.807, 2.05) is 0 Å². The highest BCUT2D eigenvalue weighted by Crippen LogP contribution is 2.51. The van der Waals surface area contributed by atoms with Crippen molar-refractivity contribution in [1.82, 2.24) is 0 Å². The third-order valence-corrected chi connectivity index (χ3v) is 12.1. The quantitative estimate of drug-likeness (QED) is 0.0312. The molecule has 8 nitrogen and oxygen atoms in total. The van der Waals surface area contributed by atoms with Crippen LogP contribution >= 0.6 is 11.6 Å². The molecule has 55 heavy (non-hydrogen) atoms. The van der Waals surface area contributed by atoms with Crippen LogP contribution in [0.15, 0.2) is 119 Å². The number of rotatable bonds is 14. The Morgan fingerprint density at radius 3 is 2.31 bits per heavy atom. The standard InChI is InChI=1S/C44H47ClN2O6S2/c1-43(2)38(46(26-10-28-50-52-53-54)36-22-18-30-12-5-7-16-34(30)40(36)43)24-20-32-14-9-15-33(42(32)45)21-25-39-44(3,4)41-35-17-8-6-13-31(35)19-23-37(41)47(39)27-11-29-51-55(48)49/h5-8,12-13,16-25H,9-11,14-15,26-29H2,1-4H3,(H-,48,49,54)/p-1. The minimum Gasteiger partial charge on any atom is -0.750 e. The van der Waals surface area contributed by atoms with E-state index in [2.05, 4.69) is 157 Å². The van der Waals surface area contributed by atoms with E-state index in [-0.39, 0.29) is 17.4 Å². The maximum atomic E-state index is 11.1. The van der Waals surface area contributed by atoms with Gasteiger partial charge < -0.3 is 30.9 Å². The molecule has 2 aliphatic heterocycles. The van der Waals surface area contributed by atoms with Crippen LogP contribution in [-0.2, 0) is 53.5 Å². The Bertz CT molecular complexity index is 2290. The summed E-state index contributed by atoms with van der Waals surface area (Å²) in [5.41, 5.74) is 8.84. The van der Waals surface area contributed by atoms with Gasteiger partial charge in [-0.15, -0.1) is 0 Å². The average Bonchev–Trinajstić information content (AvgIpc) is 3.53. The van der Waals surface area contributed by atoms with Gasteiger partial charge in [0.15, 0.2) is 12.3 Å². The first kappa shape index (κ1) is 39.6. The third kappa shape index (κ3) is 7.89. The first-order valence-electron chi connectivity index (χ1n) is 18.8. The van der Waals surface area contributed by atoms with Gasteiger partial charge in [0.1, 0.15) is 0 Å². The fourth-order valence-electron chi connectivity index (χ4n) is 8.80. The number of hydrogen-bond acceptors (Lipinski definition) is 8. The van der Waals surface area contributed by atoms with E-state index < -0.39 is 11.4 Å². The van der Waals surface area contributed by atoms with E-state index in [4.69, 9.17) is 20.7 Å². The van der Waals surface area contributed by atoms with Gasteiger partial charge in [0.2, 0.25) is 5.69 Å². The molecule has 0 spiro atoms. The summed E-state index contributed by atoms with van der Waals surface area (Å²) in [4.78, 5) is 7.38. The molecule has 11 heteroatoms. The van der Waals surface area contributed by atoms with Crippen molar-refractivity contribution in [2.24, 2.45) is 0 Å². The number of hydrogen-bond donors (Lipinski definition) is 0. The second-order valence-corrected chi connectivity index (χ2v) is 16.4. The second-order valence-electron chi connectivity index (χ2n) is 15.3. The lowest BCUT2D eigenvalue weighted by molar-refractivity contribution is -0.471. The van der Waals surface area contributed by atoms with Gasteiger partial charge >= 0.3 is 0 Å². The molecule has 0 saturated heterocycles. The second kappa shape index (κ2) is 16.9. The molecule has 0 amide bonds. The van der Waals surface area contributed by atoms with Crippen LogP contribution in [0.3, 0.4) is 0 Å². The summed E-state index contributed by atoms with van der Waals surface area (Å²) in [5.74, 6) is 0. The molecular formula is C44H46ClN2O6S2-. The minimum atomic E-state index is -2.54. The molecule has 2 heterocycles. The summed E-state index contributed by atoms with van der Waals surface area (Å²) in [7, 11) is 0. The van der Waals surface area contributed by atoms with E-state index in [0.29, 0.717) is 32.5 Å². The van der Waals surface area contributed by atoms with Crippen molar-refractivity contribution in [3.05, 3.63) is 130 Å². The van der Waals surface area contributed by atoms with Crippen molar-refractivity contribution in [3.8, 4) is 0 Å². The number of allylic oxidation sites excluding steroid dienone is 8. The van der Waals surface area contributed by atoms with Crippen LogP contribution in [-0.4, -0.2) is 45.4 Å². The number of nitrogens with zero attached hydrogens (tertiary/aromatic N) is 2. The molecule has 1 unspecified atom stereocenters. The SMILES string of the molecule is CC1(C)C(/C=C/C2=C(Cl)C(=C/C=C3/N(CCCOS(=O)[O-])c4ccc5ccccc5c4C3(C)C)/CCC2)=[N+](CCCOOO[S-])c2ccc3ccccc3c21. The molecule has 0 aromatic heterocycles. The van der Waals surface area contributed by atoms with Crippen molar-refractivity contribution in [3.63, 3.8) is 0 Å². The monoisotopic (exact) mass is 797 g/mol. The normalized spacial score (nSPS) is 19.8. The zero-order valence-electron chi connectivity index (χ0n) is 31.6. The zero-order chi connectivity index (χ0) is 38.7. The summed E-state index contributed by atoms with van der Waals surface area (Å²) >= 11 is 9.13. The largest absolute Gasteiger partial charge is 0.750 e. The van der Waals surface area contributed by atoms with Gasteiger partial charge in [0, 0.05) is 52.5 Å². The Morgan fingerprint density at radius 1 is 0.873 bits per heavy atom. The number of anilines is 1. The molecule has 0 bridgehead atoms. The number of halogens is 1. The third-order valence-electron chi connectivity index (χ3n) is 11.2. The molecule has 0 saturated carbocycles. The lowest BCUT2D eigenvalue weighted by Crippen LogP contribution is -2.28. The molecule has 4 aromatic carbocycles. The highest BCUT2D eigenvalue weighted by atomic mass is 35.5. The van der Waals surface area contributed by atoms with E-state index in [9.17, 15) is 8.76 Å². The first-order chi connectivity index (χ1) is 26.5. The Morgan fingerprint density at radius 2 is 1.58 bits per heavy atom. The van der Waals surface area contributed by atoms with Gasteiger partial charge in [-0.05, 0) is 96.0 Å². The summed E-state index contributed by atoms with van der Waals surface area (Å²) in [6, 6.07) is 25.8. The molecule has 7 rings (SSSR count). The van der Waals surface area contributed by atoms with Crippen molar-refractivity contribution in [2.45, 2.75) is 70.6 Å². The Hall–Kier alpha value is -3.58. The molecular weight excluding hydrogens is 752 g/mol. The molecule has 0 N–H and O–H groups in total. The van der Waals surface area contributed by atoms with Gasteiger partial charge in [-0.1, -0.05) is 97.2 Å². The summed E-state index contributed by atoms with van der Waals surface area (Å²) in [6.45, 7) is 10.9. The summed E-state index contributed by atoms with van der Waals surface area (Å²) < 4.78 is 33.6. The fourth-order valence-corrected chi connectivity index (χ4v) is 9.41. The van der Waals surface area contributed by atoms with E-state index in [1.165, 1.54) is 44.1 Å². The smallest absolute Gasteiger partial charge is 0.210 e. The van der Waals surface area contributed by atoms with Gasteiger partial charge in [-0.2, -0.15) is 4.58 Å². The highest BCUT2D eigenvalue weighted by Gasteiger charge is 2.45. The van der Waals surface area contributed by atoms with E-state index in [1.54, 1.807) is 0 Å². The fraction of sp³-hybridized carbons (Fsp3) is 0.341. The van der Waals surface area contributed by atoms with Crippen molar-refractivity contribution >= 4 is 74.5 Å². The Balaban J connectivity index is 1.23. The van der Waals surface area contributed by atoms with Gasteiger partial charge in [0.25, 0.3) is 0 Å². The van der Waals surface area contributed by atoms with Crippen molar-refractivity contribution in [2.75, 3.05) is 31.2 Å². The zero-order valence-corrected chi connectivity index (χ0v) is 34.0. The van der Waals surface area contributed by atoms with E-state index in [0.717, 1.165) is 46.8 Å². The van der Waals surface area contributed by atoms with E-state index >= 15 is 0 Å². The first-order valence-corrected chi connectivity index (χ1v) is 20.5. The summed E-state index contributed by atoms with van der Waals surface area (Å²) in [5, 5.41) is 10.2. The predicted octanol–water partition coefficient (Wildman–Crippen LogP) is 10.1. The predicted molar refractivity (Wildman–Crippen MR) is 223 cm³/mol. The van der Waals surface area contributed by atoms with Gasteiger partial charge in [0.05, 0.1) is 30.0 Å². The maximum Gasteiger partial charge on any atom is 0.210 e. The summed E-state index contributed by atoms with van der Waals surface area (Å²) in [6.07, 6.45) is 12.9. The van der Waals surface area contributed by atoms with Crippen LogP contribution in [0.2, 0.25) is 0 Å². The van der Waals surface area contributed by atoms with Crippen molar-refractivity contribution < 1.29 is 31.8 Å².